The molecule has 112 valence electrons. The monoisotopic (exact) mass is 296 g/mol. The van der Waals surface area contributed by atoms with E-state index in [1.807, 2.05) is 0 Å². The van der Waals surface area contributed by atoms with Crippen molar-refractivity contribution in [3.63, 3.8) is 0 Å². The van der Waals surface area contributed by atoms with Crippen LogP contribution in [0.1, 0.15) is 12.6 Å². The molecule has 0 aliphatic carbocycles. The minimum Gasteiger partial charge on any atom is -0.464 e. The Morgan fingerprint density at radius 2 is 2.29 bits per heavy atom. The van der Waals surface area contributed by atoms with Crippen LogP contribution in [0.15, 0.2) is 38.6 Å². The third-order valence-electron chi connectivity index (χ3n) is 3.36. The molecule has 21 heavy (non-hydrogen) atoms. The first-order valence-electron chi connectivity index (χ1n) is 6.40. The Hall–Kier alpha value is -2.19. The molecule has 1 aliphatic heterocycles. The maximum absolute atomic E-state index is 14.0. The molecule has 2 N–H and O–H groups in total. The average molecular weight is 296 g/mol. The first kappa shape index (κ1) is 13.8. The Labute approximate surface area is 117 Å². The van der Waals surface area contributed by atoms with Crippen LogP contribution >= 0.6 is 0 Å². The number of hydrogen-bond acceptors (Lipinski definition) is 5. The fraction of sp³-hybridized carbons (Fsp3) is 0.385. The van der Waals surface area contributed by atoms with Crippen LogP contribution in [0.4, 0.5) is 4.39 Å². The van der Waals surface area contributed by atoms with Gasteiger partial charge in [-0.15, -0.1) is 0 Å². The van der Waals surface area contributed by atoms with Gasteiger partial charge in [0.05, 0.1) is 24.5 Å². The zero-order valence-electron chi connectivity index (χ0n) is 10.9. The smallest absolute Gasteiger partial charge is 0.330 e. The summed E-state index contributed by atoms with van der Waals surface area (Å²) < 4.78 is 25.3. The molecule has 0 bridgehead atoms. The van der Waals surface area contributed by atoms with Gasteiger partial charge in [-0.25, -0.2) is 9.18 Å². The molecule has 0 aromatic carbocycles. The number of halogens is 1. The zero-order chi connectivity index (χ0) is 15.0. The van der Waals surface area contributed by atoms with E-state index in [0.717, 1.165) is 4.57 Å². The van der Waals surface area contributed by atoms with Crippen LogP contribution in [0, 0.1) is 0 Å². The summed E-state index contributed by atoms with van der Waals surface area (Å²) >= 11 is 0. The first-order valence-corrected chi connectivity index (χ1v) is 6.40. The minimum atomic E-state index is -1.45. The van der Waals surface area contributed by atoms with Crippen molar-refractivity contribution in [1.29, 1.82) is 0 Å². The standard InChI is InChI=1S/C13H13FN2O5/c14-9-4-7(6-17)21-12(9)16-5-8(10-2-1-3-20-10)11(18)15-13(16)19/h1-3,5,7,9,12,17H,4,6H2,(H,15,18,19). The molecule has 0 radical (unpaired) electrons. The lowest BCUT2D eigenvalue weighted by Gasteiger charge is -2.16. The Balaban J connectivity index is 2.05. The summed E-state index contributed by atoms with van der Waals surface area (Å²) in [7, 11) is 0. The summed E-state index contributed by atoms with van der Waals surface area (Å²) in [6.07, 6.45) is -0.720. The van der Waals surface area contributed by atoms with Crippen LogP contribution in [0.5, 0.6) is 0 Å². The highest BCUT2D eigenvalue weighted by molar-refractivity contribution is 5.54. The molecule has 7 nitrogen and oxygen atoms in total. The van der Waals surface area contributed by atoms with Crippen LogP contribution in [-0.4, -0.2) is 33.5 Å². The lowest BCUT2D eigenvalue weighted by molar-refractivity contribution is -0.0393. The van der Waals surface area contributed by atoms with E-state index in [1.54, 1.807) is 12.1 Å². The largest absolute Gasteiger partial charge is 0.464 e. The molecule has 1 saturated heterocycles. The van der Waals surface area contributed by atoms with Gasteiger partial charge in [-0.05, 0) is 12.1 Å². The van der Waals surface area contributed by atoms with E-state index < -0.39 is 29.8 Å². The van der Waals surface area contributed by atoms with Gasteiger partial charge in [-0.2, -0.15) is 0 Å². The molecule has 3 unspecified atom stereocenters. The van der Waals surface area contributed by atoms with Gasteiger partial charge in [0.2, 0.25) is 0 Å². The Bertz CT molecular complexity index is 736. The molecular formula is C13H13FN2O5. The van der Waals surface area contributed by atoms with E-state index in [9.17, 15) is 14.0 Å². The van der Waals surface area contributed by atoms with E-state index in [1.165, 1.54) is 12.5 Å². The predicted octanol–water partition coefficient (Wildman–Crippen LogP) is 0.415. The fourth-order valence-electron chi connectivity index (χ4n) is 2.34. The van der Waals surface area contributed by atoms with Crippen LogP contribution in [0.25, 0.3) is 11.3 Å². The summed E-state index contributed by atoms with van der Waals surface area (Å²) in [5, 5.41) is 9.01. The molecule has 1 aliphatic rings. The van der Waals surface area contributed by atoms with Crippen LogP contribution in [0.3, 0.4) is 0 Å². The Kier molecular flexibility index (Phi) is 3.48. The van der Waals surface area contributed by atoms with Gasteiger partial charge < -0.3 is 14.3 Å². The van der Waals surface area contributed by atoms with Crippen molar-refractivity contribution >= 4 is 0 Å². The van der Waals surface area contributed by atoms with E-state index >= 15 is 0 Å². The van der Waals surface area contributed by atoms with Gasteiger partial charge in [0.25, 0.3) is 5.56 Å². The summed E-state index contributed by atoms with van der Waals surface area (Å²) in [6.45, 7) is -0.333. The SMILES string of the molecule is O=c1[nH]c(=O)n(C2OC(CO)CC2F)cc1-c1ccco1. The average Bonchev–Trinajstić information content (AvgIpc) is 3.09. The van der Waals surface area contributed by atoms with Crippen LogP contribution < -0.4 is 11.2 Å². The predicted molar refractivity (Wildman–Crippen MR) is 69.5 cm³/mol. The number of alkyl halides is 1. The normalized spacial score (nSPS) is 25.3. The van der Waals surface area contributed by atoms with E-state index in [4.69, 9.17) is 14.3 Å². The molecular weight excluding hydrogens is 283 g/mol. The summed E-state index contributed by atoms with van der Waals surface area (Å²) in [6, 6.07) is 3.15. The number of aliphatic hydroxyl groups excluding tert-OH is 1. The van der Waals surface area contributed by atoms with Gasteiger partial charge >= 0.3 is 5.69 Å². The molecule has 3 heterocycles. The number of aliphatic hydroxyl groups is 1. The Morgan fingerprint density at radius 1 is 1.48 bits per heavy atom. The second kappa shape index (κ2) is 5.30. The third kappa shape index (κ3) is 2.43. The summed E-state index contributed by atoms with van der Waals surface area (Å²) in [5.41, 5.74) is -1.30. The van der Waals surface area contributed by atoms with Crippen molar-refractivity contribution in [2.75, 3.05) is 6.61 Å². The molecule has 1 fully saturated rings. The number of nitrogens with zero attached hydrogens (tertiary/aromatic N) is 1. The van der Waals surface area contributed by atoms with Crippen molar-refractivity contribution in [1.82, 2.24) is 9.55 Å². The molecule has 0 spiro atoms. The number of nitrogens with one attached hydrogen (secondary N) is 1. The van der Waals surface area contributed by atoms with E-state index in [-0.39, 0.29) is 24.4 Å². The van der Waals surface area contributed by atoms with Crippen molar-refractivity contribution in [2.45, 2.75) is 24.9 Å². The lowest BCUT2D eigenvalue weighted by atomic mass is 10.2. The molecule has 2 aromatic rings. The van der Waals surface area contributed by atoms with Gasteiger partial charge in [0.15, 0.2) is 6.23 Å². The molecule has 0 saturated carbocycles. The molecule has 2 aromatic heterocycles. The van der Waals surface area contributed by atoms with E-state index in [2.05, 4.69) is 4.98 Å². The quantitative estimate of drug-likeness (QED) is 0.855. The lowest BCUT2D eigenvalue weighted by Crippen LogP contribution is -2.35. The van der Waals surface area contributed by atoms with Crippen LogP contribution in [-0.2, 0) is 4.74 Å². The second-order valence-electron chi connectivity index (χ2n) is 4.77. The molecule has 3 atom stereocenters. The number of ether oxygens (including phenoxy) is 1. The number of hydrogen-bond donors (Lipinski definition) is 2. The van der Waals surface area contributed by atoms with Crippen molar-refractivity contribution < 1.29 is 18.7 Å². The van der Waals surface area contributed by atoms with Crippen molar-refractivity contribution in [2.24, 2.45) is 0 Å². The van der Waals surface area contributed by atoms with Crippen molar-refractivity contribution in [3.8, 4) is 11.3 Å². The second-order valence-corrected chi connectivity index (χ2v) is 4.77. The fourth-order valence-corrected chi connectivity index (χ4v) is 2.34. The summed E-state index contributed by atoms with van der Waals surface area (Å²) in [5.74, 6) is 0.261. The highest BCUT2D eigenvalue weighted by Crippen LogP contribution is 2.30. The first-order chi connectivity index (χ1) is 10.1. The highest BCUT2D eigenvalue weighted by atomic mass is 19.1. The maximum Gasteiger partial charge on any atom is 0.330 e. The topological polar surface area (TPSA) is 97.5 Å². The third-order valence-corrected chi connectivity index (χ3v) is 3.36. The van der Waals surface area contributed by atoms with Gasteiger partial charge in [-0.3, -0.25) is 14.3 Å². The number of aromatic amines is 1. The number of H-pyrrole nitrogens is 1. The van der Waals surface area contributed by atoms with Gasteiger partial charge in [0, 0.05) is 12.6 Å². The molecule has 3 rings (SSSR count). The highest BCUT2D eigenvalue weighted by Gasteiger charge is 2.37. The van der Waals surface area contributed by atoms with Crippen LogP contribution in [0.2, 0.25) is 0 Å². The maximum atomic E-state index is 14.0. The number of rotatable bonds is 3. The zero-order valence-corrected chi connectivity index (χ0v) is 10.9. The Morgan fingerprint density at radius 3 is 2.90 bits per heavy atom. The number of aromatic nitrogens is 2. The number of furan rings is 1. The van der Waals surface area contributed by atoms with Gasteiger partial charge in [0.1, 0.15) is 11.9 Å². The van der Waals surface area contributed by atoms with Crippen molar-refractivity contribution in [3.05, 3.63) is 45.4 Å². The molecule has 0 amide bonds. The van der Waals surface area contributed by atoms with Gasteiger partial charge in [-0.1, -0.05) is 0 Å². The summed E-state index contributed by atoms with van der Waals surface area (Å²) in [4.78, 5) is 25.8. The van der Waals surface area contributed by atoms with E-state index in [0.29, 0.717) is 0 Å². The molecule has 8 heteroatoms. The minimum absolute atomic E-state index is 0.0111.